The second-order valence-corrected chi connectivity index (χ2v) is 5.67. The number of carbonyl (C=O) groups is 1. The standard InChI is InChI=1S/C11H14F2N2O4S/c1-14-3-2-4-15-20(18,19)9-6-7(11(16)17)5-8(12)10(9)13/h5-6,14-15H,2-4H2,1H3,(H,16,17). The van der Waals surface area contributed by atoms with E-state index in [-0.39, 0.29) is 6.54 Å². The summed E-state index contributed by atoms with van der Waals surface area (Å²) in [5, 5.41) is 11.5. The van der Waals surface area contributed by atoms with Gasteiger partial charge < -0.3 is 10.4 Å². The SMILES string of the molecule is CNCCCNS(=O)(=O)c1cc(C(=O)O)cc(F)c1F. The van der Waals surface area contributed by atoms with Crippen LogP contribution in [-0.2, 0) is 10.0 Å². The molecule has 1 aromatic carbocycles. The Morgan fingerprint density at radius 2 is 1.95 bits per heavy atom. The molecule has 0 fully saturated rings. The number of benzene rings is 1. The van der Waals surface area contributed by atoms with Crippen LogP contribution in [0, 0.1) is 11.6 Å². The van der Waals surface area contributed by atoms with Crippen molar-refractivity contribution in [3.8, 4) is 0 Å². The van der Waals surface area contributed by atoms with Crippen LogP contribution in [0.2, 0.25) is 0 Å². The summed E-state index contributed by atoms with van der Waals surface area (Å²) >= 11 is 0. The molecule has 0 radical (unpaired) electrons. The molecular weight excluding hydrogens is 294 g/mol. The third-order valence-corrected chi connectivity index (χ3v) is 3.89. The Morgan fingerprint density at radius 3 is 2.50 bits per heavy atom. The average Bonchev–Trinajstić information content (AvgIpc) is 2.37. The van der Waals surface area contributed by atoms with Gasteiger partial charge in [-0.2, -0.15) is 0 Å². The zero-order chi connectivity index (χ0) is 15.3. The van der Waals surface area contributed by atoms with Crippen LogP contribution >= 0.6 is 0 Å². The molecule has 0 bridgehead atoms. The van der Waals surface area contributed by atoms with Crippen molar-refractivity contribution in [1.29, 1.82) is 0 Å². The van der Waals surface area contributed by atoms with Crippen molar-refractivity contribution < 1.29 is 27.1 Å². The summed E-state index contributed by atoms with van der Waals surface area (Å²) in [4.78, 5) is 9.72. The minimum absolute atomic E-state index is 0.0154. The predicted molar refractivity (Wildman–Crippen MR) is 67.0 cm³/mol. The zero-order valence-corrected chi connectivity index (χ0v) is 11.4. The molecule has 0 unspecified atom stereocenters. The quantitative estimate of drug-likeness (QED) is 0.639. The van der Waals surface area contributed by atoms with E-state index >= 15 is 0 Å². The lowest BCUT2D eigenvalue weighted by Crippen LogP contribution is -2.28. The van der Waals surface area contributed by atoms with E-state index in [2.05, 4.69) is 10.0 Å². The van der Waals surface area contributed by atoms with Gasteiger partial charge >= 0.3 is 5.97 Å². The van der Waals surface area contributed by atoms with Crippen molar-refractivity contribution in [2.45, 2.75) is 11.3 Å². The zero-order valence-electron chi connectivity index (χ0n) is 10.6. The molecule has 1 rings (SSSR count). The molecule has 1 aromatic rings. The van der Waals surface area contributed by atoms with Crippen molar-refractivity contribution >= 4 is 16.0 Å². The number of sulfonamides is 1. The second-order valence-electron chi connectivity index (χ2n) is 3.93. The first-order valence-corrected chi connectivity index (χ1v) is 7.14. The van der Waals surface area contributed by atoms with E-state index in [0.29, 0.717) is 25.1 Å². The van der Waals surface area contributed by atoms with Gasteiger partial charge in [0.1, 0.15) is 4.90 Å². The van der Waals surface area contributed by atoms with Crippen molar-refractivity contribution in [2.75, 3.05) is 20.1 Å². The number of rotatable bonds is 7. The maximum atomic E-state index is 13.5. The van der Waals surface area contributed by atoms with Crippen LogP contribution < -0.4 is 10.0 Å². The van der Waals surface area contributed by atoms with Crippen LogP contribution in [-0.4, -0.2) is 39.6 Å². The first kappa shape index (κ1) is 16.5. The number of carboxylic acids is 1. The maximum absolute atomic E-state index is 13.5. The van der Waals surface area contributed by atoms with E-state index in [4.69, 9.17) is 5.11 Å². The highest BCUT2D eigenvalue weighted by atomic mass is 32.2. The summed E-state index contributed by atoms with van der Waals surface area (Å²) in [5.41, 5.74) is -0.639. The van der Waals surface area contributed by atoms with E-state index in [1.807, 2.05) is 0 Å². The lowest BCUT2D eigenvalue weighted by Gasteiger charge is -2.09. The number of halogens is 2. The third-order valence-electron chi connectivity index (χ3n) is 2.43. The van der Waals surface area contributed by atoms with Gasteiger partial charge in [-0.3, -0.25) is 0 Å². The number of carboxylic acid groups (broad SMARTS) is 1. The van der Waals surface area contributed by atoms with Gasteiger partial charge in [0.2, 0.25) is 10.0 Å². The summed E-state index contributed by atoms with van der Waals surface area (Å²) in [5.74, 6) is -4.67. The van der Waals surface area contributed by atoms with Crippen LogP contribution in [0.15, 0.2) is 17.0 Å². The molecule has 6 nitrogen and oxygen atoms in total. The third kappa shape index (κ3) is 3.95. The summed E-state index contributed by atoms with van der Waals surface area (Å²) in [6, 6.07) is 1.01. The van der Waals surface area contributed by atoms with E-state index < -0.39 is 38.1 Å². The van der Waals surface area contributed by atoms with Gasteiger partial charge in [0.05, 0.1) is 5.56 Å². The van der Waals surface area contributed by atoms with Crippen molar-refractivity contribution in [3.63, 3.8) is 0 Å². The molecule has 0 aromatic heterocycles. The number of aromatic carboxylic acids is 1. The smallest absolute Gasteiger partial charge is 0.335 e. The van der Waals surface area contributed by atoms with Gasteiger partial charge in [0, 0.05) is 6.54 Å². The topological polar surface area (TPSA) is 95.5 Å². The fraction of sp³-hybridized carbons (Fsp3) is 0.364. The van der Waals surface area contributed by atoms with Gasteiger partial charge in [0.15, 0.2) is 11.6 Å². The van der Waals surface area contributed by atoms with Crippen LogP contribution in [0.25, 0.3) is 0 Å². The highest BCUT2D eigenvalue weighted by Crippen LogP contribution is 2.19. The summed E-state index contributed by atoms with van der Waals surface area (Å²) in [6.45, 7) is 0.552. The highest BCUT2D eigenvalue weighted by molar-refractivity contribution is 7.89. The molecule has 0 heterocycles. The largest absolute Gasteiger partial charge is 0.478 e. The molecule has 0 aliphatic carbocycles. The highest BCUT2D eigenvalue weighted by Gasteiger charge is 2.24. The van der Waals surface area contributed by atoms with Gasteiger partial charge in [-0.1, -0.05) is 0 Å². The molecule has 0 saturated carbocycles. The van der Waals surface area contributed by atoms with Gasteiger partial charge in [0.25, 0.3) is 0 Å². The normalized spacial score (nSPS) is 11.6. The lowest BCUT2D eigenvalue weighted by atomic mass is 10.2. The fourth-order valence-electron chi connectivity index (χ4n) is 1.43. The Kier molecular flexibility index (Phi) is 5.54. The van der Waals surface area contributed by atoms with Crippen molar-refractivity contribution in [2.24, 2.45) is 0 Å². The molecule has 3 N–H and O–H groups in total. The number of nitrogens with one attached hydrogen (secondary N) is 2. The molecule has 0 aliphatic heterocycles. The number of hydrogen-bond acceptors (Lipinski definition) is 4. The minimum Gasteiger partial charge on any atom is -0.478 e. The van der Waals surface area contributed by atoms with Gasteiger partial charge in [-0.25, -0.2) is 26.7 Å². The summed E-state index contributed by atoms with van der Waals surface area (Å²) in [7, 11) is -2.63. The minimum atomic E-state index is -4.31. The van der Waals surface area contributed by atoms with Crippen LogP contribution in [0.4, 0.5) is 8.78 Å². The van der Waals surface area contributed by atoms with E-state index in [1.54, 1.807) is 7.05 Å². The Morgan fingerprint density at radius 1 is 1.30 bits per heavy atom. The molecule has 0 aliphatic rings. The molecule has 0 saturated heterocycles. The Labute approximate surface area is 114 Å². The Bertz CT molecular complexity index is 605. The predicted octanol–water partition coefficient (Wildman–Crippen LogP) is 0.551. The van der Waals surface area contributed by atoms with Crippen LogP contribution in [0.5, 0.6) is 0 Å². The van der Waals surface area contributed by atoms with Gasteiger partial charge in [-0.15, -0.1) is 0 Å². The van der Waals surface area contributed by atoms with Crippen molar-refractivity contribution in [3.05, 3.63) is 29.3 Å². The summed E-state index contributed by atoms with van der Waals surface area (Å²) < 4.78 is 52.5. The lowest BCUT2D eigenvalue weighted by molar-refractivity contribution is 0.0696. The molecule has 0 amide bonds. The molecular formula is C11H14F2N2O4S. The van der Waals surface area contributed by atoms with Crippen molar-refractivity contribution in [1.82, 2.24) is 10.0 Å². The molecule has 0 atom stereocenters. The first-order valence-electron chi connectivity index (χ1n) is 5.66. The van der Waals surface area contributed by atoms with Crippen LogP contribution in [0.1, 0.15) is 16.8 Å². The fourth-order valence-corrected chi connectivity index (χ4v) is 2.62. The van der Waals surface area contributed by atoms with E-state index in [1.165, 1.54) is 0 Å². The maximum Gasteiger partial charge on any atom is 0.335 e. The second kappa shape index (κ2) is 6.73. The monoisotopic (exact) mass is 308 g/mol. The average molecular weight is 308 g/mol. The number of hydrogen-bond donors (Lipinski definition) is 3. The van der Waals surface area contributed by atoms with E-state index in [9.17, 15) is 22.0 Å². The van der Waals surface area contributed by atoms with Gasteiger partial charge in [-0.05, 0) is 32.1 Å². The molecule has 112 valence electrons. The Hall–Kier alpha value is -1.58. The summed E-state index contributed by atoms with van der Waals surface area (Å²) in [6.07, 6.45) is 0.443. The molecule has 0 spiro atoms. The first-order chi connectivity index (χ1) is 9.29. The Balaban J connectivity index is 3.07. The molecule has 20 heavy (non-hydrogen) atoms. The van der Waals surface area contributed by atoms with Crippen LogP contribution in [0.3, 0.4) is 0 Å². The molecule has 9 heteroatoms. The van der Waals surface area contributed by atoms with E-state index in [0.717, 1.165) is 0 Å².